The predicted molar refractivity (Wildman–Crippen MR) is 90.6 cm³/mol. The molecule has 1 aliphatic heterocycles. The molecule has 1 aliphatic rings. The van der Waals surface area contributed by atoms with Gasteiger partial charge < -0.3 is 14.5 Å². The zero-order chi connectivity index (χ0) is 17.0. The molecule has 1 aromatic rings. The van der Waals surface area contributed by atoms with Gasteiger partial charge >= 0.3 is 6.09 Å². The smallest absolute Gasteiger partial charge is 0.410 e. The summed E-state index contributed by atoms with van der Waals surface area (Å²) in [6, 6.07) is 0. The molecule has 6 nitrogen and oxygen atoms in total. The van der Waals surface area contributed by atoms with Crippen LogP contribution in [-0.2, 0) is 4.74 Å². The molecule has 1 amide bonds. The Morgan fingerprint density at radius 2 is 2.09 bits per heavy atom. The monoisotopic (exact) mass is 320 g/mol. The van der Waals surface area contributed by atoms with Crippen molar-refractivity contribution in [2.45, 2.75) is 46.1 Å². The highest BCUT2D eigenvalue weighted by atomic mass is 16.6. The van der Waals surface area contributed by atoms with Crippen LogP contribution in [0.15, 0.2) is 12.4 Å². The second kappa shape index (κ2) is 7.15. The largest absolute Gasteiger partial charge is 0.444 e. The maximum absolute atomic E-state index is 12.2. The van der Waals surface area contributed by atoms with Gasteiger partial charge in [0.15, 0.2) is 0 Å². The quantitative estimate of drug-likeness (QED) is 0.857. The van der Waals surface area contributed by atoms with Gasteiger partial charge in [-0.05, 0) is 46.5 Å². The zero-order valence-electron chi connectivity index (χ0n) is 14.9. The normalized spacial score (nSPS) is 18.7. The lowest BCUT2D eigenvalue weighted by Gasteiger charge is -2.36. The maximum atomic E-state index is 12.2. The number of carbonyl (C=O) groups is 1. The molecule has 6 heteroatoms. The minimum atomic E-state index is -0.447. The van der Waals surface area contributed by atoms with Crippen molar-refractivity contribution in [1.82, 2.24) is 14.9 Å². The molecule has 0 aromatic carbocycles. The van der Waals surface area contributed by atoms with Crippen LogP contribution in [0, 0.1) is 12.8 Å². The Kier molecular flexibility index (Phi) is 5.44. The highest BCUT2D eigenvalue weighted by molar-refractivity contribution is 5.68. The first-order valence-electron chi connectivity index (χ1n) is 8.23. The number of aryl methyl sites for hydroxylation is 1. The molecule has 0 spiro atoms. The molecule has 0 aliphatic carbocycles. The second-order valence-corrected chi connectivity index (χ2v) is 7.28. The standard InChI is InChI=1S/C17H28N4O2/c1-13-15(19-9-8-18-13)20(5)11-14-7-6-10-21(12-14)16(22)23-17(2,3)4/h8-9,14H,6-7,10-12H2,1-5H3. The maximum Gasteiger partial charge on any atom is 0.410 e. The van der Waals surface area contributed by atoms with Gasteiger partial charge in [0.05, 0.1) is 5.69 Å². The van der Waals surface area contributed by atoms with Gasteiger partial charge in [-0.2, -0.15) is 0 Å². The van der Waals surface area contributed by atoms with Crippen molar-refractivity contribution in [2.75, 3.05) is 31.6 Å². The van der Waals surface area contributed by atoms with Crippen LogP contribution in [0.1, 0.15) is 39.3 Å². The predicted octanol–water partition coefficient (Wildman–Crippen LogP) is 2.87. The van der Waals surface area contributed by atoms with Crippen molar-refractivity contribution in [3.63, 3.8) is 0 Å². The third-order valence-electron chi connectivity index (χ3n) is 3.92. The fourth-order valence-electron chi connectivity index (χ4n) is 2.96. The Morgan fingerprint density at radius 1 is 1.39 bits per heavy atom. The third-order valence-corrected chi connectivity index (χ3v) is 3.92. The summed E-state index contributed by atoms with van der Waals surface area (Å²) in [5.41, 5.74) is 0.479. The van der Waals surface area contributed by atoms with E-state index in [2.05, 4.69) is 14.9 Å². The first-order chi connectivity index (χ1) is 10.8. The molecule has 0 bridgehead atoms. The fourth-order valence-corrected chi connectivity index (χ4v) is 2.96. The van der Waals surface area contributed by atoms with Crippen LogP contribution in [-0.4, -0.2) is 53.2 Å². The van der Waals surface area contributed by atoms with E-state index in [9.17, 15) is 4.79 Å². The highest BCUT2D eigenvalue weighted by Crippen LogP contribution is 2.22. The SMILES string of the molecule is Cc1nccnc1N(C)CC1CCCN(C(=O)OC(C)(C)C)C1. The van der Waals surface area contributed by atoms with Crippen LogP contribution in [0.3, 0.4) is 0 Å². The summed E-state index contributed by atoms with van der Waals surface area (Å²) in [6.45, 7) is 10.0. The van der Waals surface area contributed by atoms with E-state index in [4.69, 9.17) is 4.74 Å². The van der Waals surface area contributed by atoms with Crippen LogP contribution in [0.2, 0.25) is 0 Å². The molecule has 23 heavy (non-hydrogen) atoms. The molecule has 0 saturated carbocycles. The van der Waals surface area contributed by atoms with Gasteiger partial charge in [0.25, 0.3) is 0 Å². The molecule has 1 atom stereocenters. The lowest BCUT2D eigenvalue weighted by molar-refractivity contribution is 0.0170. The minimum absolute atomic E-state index is 0.208. The van der Waals surface area contributed by atoms with Crippen LogP contribution in [0.25, 0.3) is 0 Å². The number of amides is 1. The highest BCUT2D eigenvalue weighted by Gasteiger charge is 2.28. The summed E-state index contributed by atoms with van der Waals surface area (Å²) in [5, 5.41) is 0. The average Bonchev–Trinajstić information content (AvgIpc) is 2.46. The van der Waals surface area contributed by atoms with Gasteiger partial charge in [-0.3, -0.25) is 4.98 Å². The van der Waals surface area contributed by atoms with Crippen molar-refractivity contribution >= 4 is 11.9 Å². The average molecular weight is 320 g/mol. The molecule has 2 heterocycles. The van der Waals surface area contributed by atoms with Gasteiger partial charge in [0.1, 0.15) is 11.4 Å². The Morgan fingerprint density at radius 3 is 2.74 bits per heavy atom. The van der Waals surface area contributed by atoms with E-state index in [1.54, 1.807) is 12.4 Å². The number of hydrogen-bond acceptors (Lipinski definition) is 5. The number of aromatic nitrogens is 2. The Bertz CT molecular complexity index is 542. The number of piperidine rings is 1. The van der Waals surface area contributed by atoms with E-state index in [1.807, 2.05) is 39.6 Å². The van der Waals surface area contributed by atoms with Crippen molar-refractivity contribution in [2.24, 2.45) is 5.92 Å². The molecule has 1 aromatic heterocycles. The van der Waals surface area contributed by atoms with Crippen molar-refractivity contribution in [3.8, 4) is 0 Å². The fraction of sp³-hybridized carbons (Fsp3) is 0.706. The van der Waals surface area contributed by atoms with E-state index >= 15 is 0 Å². The summed E-state index contributed by atoms with van der Waals surface area (Å²) in [4.78, 5) is 24.9. The number of carbonyl (C=O) groups excluding carboxylic acids is 1. The summed E-state index contributed by atoms with van der Waals surface area (Å²) in [6.07, 6.45) is 5.34. The number of hydrogen-bond donors (Lipinski definition) is 0. The molecule has 0 radical (unpaired) electrons. The van der Waals surface area contributed by atoms with Crippen LogP contribution >= 0.6 is 0 Å². The number of nitrogens with zero attached hydrogens (tertiary/aromatic N) is 4. The van der Waals surface area contributed by atoms with Crippen LogP contribution < -0.4 is 4.90 Å². The van der Waals surface area contributed by atoms with Crippen molar-refractivity contribution in [1.29, 1.82) is 0 Å². The first kappa shape index (κ1) is 17.5. The molecular weight excluding hydrogens is 292 g/mol. The van der Waals surface area contributed by atoms with E-state index in [1.165, 1.54) is 0 Å². The third kappa shape index (κ3) is 5.08. The topological polar surface area (TPSA) is 58.6 Å². The van der Waals surface area contributed by atoms with E-state index in [0.717, 1.165) is 44.0 Å². The van der Waals surface area contributed by atoms with E-state index in [0.29, 0.717) is 5.92 Å². The Hall–Kier alpha value is -1.85. The first-order valence-corrected chi connectivity index (χ1v) is 8.23. The minimum Gasteiger partial charge on any atom is -0.444 e. The summed E-state index contributed by atoms with van der Waals surface area (Å²) in [5.74, 6) is 1.32. The van der Waals surface area contributed by atoms with Gasteiger partial charge in [-0.1, -0.05) is 0 Å². The lowest BCUT2D eigenvalue weighted by Crippen LogP contribution is -2.45. The van der Waals surface area contributed by atoms with Crippen molar-refractivity contribution < 1.29 is 9.53 Å². The molecule has 1 fully saturated rings. The van der Waals surface area contributed by atoms with Gasteiger partial charge in [0, 0.05) is 39.1 Å². The second-order valence-electron chi connectivity index (χ2n) is 7.28. The van der Waals surface area contributed by atoms with Gasteiger partial charge in [0.2, 0.25) is 0 Å². The number of rotatable bonds is 3. The summed E-state index contributed by atoms with van der Waals surface area (Å²) >= 11 is 0. The zero-order valence-corrected chi connectivity index (χ0v) is 14.9. The molecule has 1 saturated heterocycles. The Balaban J connectivity index is 1.94. The van der Waals surface area contributed by atoms with Gasteiger partial charge in [-0.15, -0.1) is 0 Å². The van der Waals surface area contributed by atoms with E-state index in [-0.39, 0.29) is 6.09 Å². The summed E-state index contributed by atoms with van der Waals surface area (Å²) in [7, 11) is 2.03. The molecule has 128 valence electrons. The van der Waals surface area contributed by atoms with Crippen LogP contribution in [0.4, 0.5) is 10.6 Å². The number of anilines is 1. The number of ether oxygens (including phenoxy) is 1. The molecule has 1 unspecified atom stereocenters. The van der Waals surface area contributed by atoms with E-state index < -0.39 is 5.60 Å². The number of likely N-dealkylation sites (tertiary alicyclic amines) is 1. The Labute approximate surface area is 138 Å². The molecule has 2 rings (SSSR count). The lowest BCUT2D eigenvalue weighted by atomic mass is 9.98. The molecule has 0 N–H and O–H groups in total. The van der Waals surface area contributed by atoms with Crippen molar-refractivity contribution in [3.05, 3.63) is 18.1 Å². The van der Waals surface area contributed by atoms with Crippen LogP contribution in [0.5, 0.6) is 0 Å². The van der Waals surface area contributed by atoms with Gasteiger partial charge in [-0.25, -0.2) is 9.78 Å². The molecular formula is C17H28N4O2. The summed E-state index contributed by atoms with van der Waals surface area (Å²) < 4.78 is 5.49.